The number of hydrogen-bond donors (Lipinski definition) is 3. The molecule has 0 aliphatic carbocycles. The lowest BCUT2D eigenvalue weighted by Gasteiger charge is -2.27. The molecule has 3 aliphatic rings. The number of ketones is 1. The molecular formula is C68H77IN4O. The van der Waals surface area contributed by atoms with Gasteiger partial charge in [0.2, 0.25) is 5.78 Å². The van der Waals surface area contributed by atoms with E-state index in [0.717, 1.165) is 87.3 Å². The molecule has 4 aromatic carbocycles. The number of carbonyl (C=O) groups excluding carboxylic acids is 1. The third-order valence-electron chi connectivity index (χ3n) is 14.9. The topological polar surface area (TPSA) is 73.0 Å². The summed E-state index contributed by atoms with van der Waals surface area (Å²) < 4.78 is 1.15. The van der Waals surface area contributed by atoms with Crippen LogP contribution in [0.2, 0.25) is 0 Å². The Bertz CT molecular complexity index is 3470. The van der Waals surface area contributed by atoms with E-state index < -0.39 is 0 Å². The van der Waals surface area contributed by atoms with Crippen LogP contribution in [0.25, 0.3) is 22.3 Å². The third kappa shape index (κ3) is 10.5. The molecular weight excluding hydrogens is 1020 g/mol. The molecule has 0 radical (unpaired) electrons. The second-order valence-corrected chi connectivity index (χ2v) is 28.4. The minimum Gasteiger partial charge on any atom is -0.354 e. The molecule has 3 N–H and O–H groups in total. The summed E-state index contributed by atoms with van der Waals surface area (Å²) in [6, 6.07) is 38.6. The fourth-order valence-electron chi connectivity index (χ4n) is 10.1. The van der Waals surface area contributed by atoms with Crippen molar-refractivity contribution in [1.82, 2.24) is 15.3 Å². The van der Waals surface area contributed by atoms with Gasteiger partial charge in [0.1, 0.15) is 0 Å². The number of H-pyrrole nitrogens is 2. The standard InChI is InChI=1S/C68H77IN4O/c1-63(2,3)43-29-40(30-44(35-43)64(4,5)6)59-52-24-23-50(70-52)58(39-19-21-49(69)22-20-39)51-27-28-55(72-51)61(42-33-47(67(13,14)15)37-48(34-42)68(16,17)18)62-57(74)38-56(73-62)60(54-26-25-53(59)71-54)41-31-45(65(7,8)9)36-46(32-41)66(10,11)12/h19-38,70-71,73H,1-18H3. The molecule has 5 heterocycles. The van der Waals surface area contributed by atoms with Crippen molar-refractivity contribution in [2.45, 2.75) is 157 Å². The summed E-state index contributed by atoms with van der Waals surface area (Å²) in [5, 5.41) is 5.74. The fraction of sp³-hybridized carbons (Fsp3) is 0.353. The normalized spacial score (nSPS) is 15.9. The van der Waals surface area contributed by atoms with Gasteiger partial charge >= 0.3 is 0 Å². The molecule has 0 saturated carbocycles. The van der Waals surface area contributed by atoms with Gasteiger partial charge in [0.15, 0.2) is 0 Å². The average molecular weight is 1090 g/mol. The smallest absolute Gasteiger partial charge is 0.204 e. The highest BCUT2D eigenvalue weighted by Crippen LogP contribution is 2.41. The number of benzene rings is 4. The van der Waals surface area contributed by atoms with E-state index in [1.165, 1.54) is 33.4 Å². The Morgan fingerprint density at radius 3 is 1.23 bits per heavy atom. The van der Waals surface area contributed by atoms with Crippen LogP contribution in [-0.2, 0) is 37.3 Å². The van der Waals surface area contributed by atoms with Crippen molar-refractivity contribution in [1.29, 1.82) is 0 Å². The number of aromatic nitrogens is 2. The van der Waals surface area contributed by atoms with E-state index in [4.69, 9.17) is 4.99 Å². The van der Waals surface area contributed by atoms with Crippen LogP contribution in [0.5, 0.6) is 0 Å². The maximum absolute atomic E-state index is 15.4. The van der Waals surface area contributed by atoms with E-state index >= 15 is 4.79 Å². The first-order chi connectivity index (χ1) is 34.2. The van der Waals surface area contributed by atoms with E-state index in [1.54, 1.807) is 0 Å². The lowest BCUT2D eigenvalue weighted by atomic mass is 9.78. The molecule has 382 valence electrons. The van der Waals surface area contributed by atoms with E-state index in [0.29, 0.717) is 5.70 Å². The van der Waals surface area contributed by atoms with Gasteiger partial charge in [-0.2, -0.15) is 0 Å². The Morgan fingerprint density at radius 2 is 0.797 bits per heavy atom. The van der Waals surface area contributed by atoms with Crippen LogP contribution in [-0.4, -0.2) is 21.5 Å². The first-order valence-corrected chi connectivity index (χ1v) is 27.5. The van der Waals surface area contributed by atoms with Crippen LogP contribution in [0.3, 0.4) is 0 Å². The maximum Gasteiger partial charge on any atom is 0.204 e. The average Bonchev–Trinajstić information content (AvgIpc) is 4.13. The Balaban J connectivity index is 1.47. The third-order valence-corrected chi connectivity index (χ3v) is 15.6. The number of allylic oxidation sites excluding steroid dienone is 5. The van der Waals surface area contributed by atoms with Crippen LogP contribution >= 0.6 is 22.6 Å². The minimum absolute atomic E-state index is 0.0916. The SMILES string of the molecule is CC(C)(C)c1cc(C2=C3NC(=CC3=O)C(c3cc(C(C)(C)C)cc(C(C)(C)C)c3)=c3ccc([nH]3)=C(c3cc(C(C)(C)C)cc(C(C)(C)C)c3)c3ccc([nH]3)C(c3ccc(I)cc3)=C3C=CC2=N3)cc(C(C)(C)C)c1. The molecule has 0 atom stereocenters. The summed E-state index contributed by atoms with van der Waals surface area (Å²) in [5.41, 5.74) is 19.2. The van der Waals surface area contributed by atoms with E-state index in [-0.39, 0.29) is 38.3 Å². The summed E-state index contributed by atoms with van der Waals surface area (Å²) in [6.45, 7) is 41.0. The van der Waals surface area contributed by atoms with Gasteiger partial charge in [-0.1, -0.05) is 191 Å². The monoisotopic (exact) mass is 1090 g/mol. The van der Waals surface area contributed by atoms with Gasteiger partial charge in [-0.3, -0.25) is 4.79 Å². The molecule has 0 fully saturated rings. The maximum atomic E-state index is 15.4. The highest BCUT2D eigenvalue weighted by molar-refractivity contribution is 14.1. The lowest BCUT2D eigenvalue weighted by Crippen LogP contribution is -2.23. The summed E-state index contributed by atoms with van der Waals surface area (Å²) in [7, 11) is 0. The number of fused-ring (bicyclic) bond motifs is 7. The second-order valence-electron chi connectivity index (χ2n) is 27.1. The number of nitrogens with zero attached hydrogens (tertiary/aromatic N) is 1. The molecule has 0 spiro atoms. The fourth-order valence-corrected chi connectivity index (χ4v) is 10.4. The van der Waals surface area contributed by atoms with Crippen LogP contribution in [0, 0.1) is 3.57 Å². The lowest BCUT2D eigenvalue weighted by molar-refractivity contribution is -0.111. The molecule has 6 aromatic rings. The number of carbonyl (C=O) groups is 1. The zero-order valence-corrected chi connectivity index (χ0v) is 49.4. The van der Waals surface area contributed by atoms with Gasteiger partial charge < -0.3 is 15.3 Å². The Morgan fingerprint density at radius 1 is 0.405 bits per heavy atom. The van der Waals surface area contributed by atoms with Crippen molar-refractivity contribution in [2.24, 2.45) is 4.99 Å². The Hall–Kier alpha value is -5.99. The van der Waals surface area contributed by atoms with Crippen LogP contribution in [0.1, 0.15) is 192 Å². The summed E-state index contributed by atoms with van der Waals surface area (Å²) in [4.78, 5) is 29.0. The minimum atomic E-state index is -0.162. The predicted octanol–water partition coefficient (Wildman–Crippen LogP) is 15.4. The number of aliphatic imine (C=N–C) groups is 1. The van der Waals surface area contributed by atoms with Gasteiger partial charge in [-0.05, 0) is 159 Å². The number of halogens is 1. The predicted molar refractivity (Wildman–Crippen MR) is 321 cm³/mol. The van der Waals surface area contributed by atoms with Gasteiger partial charge in [-0.25, -0.2) is 4.99 Å². The summed E-state index contributed by atoms with van der Waals surface area (Å²) >= 11 is 2.38. The highest BCUT2D eigenvalue weighted by atomic mass is 127. The zero-order valence-electron chi connectivity index (χ0n) is 47.3. The zero-order chi connectivity index (χ0) is 53.8. The van der Waals surface area contributed by atoms with Gasteiger partial charge in [0, 0.05) is 54.0 Å². The number of hydrogen-bond acceptors (Lipinski definition) is 3. The van der Waals surface area contributed by atoms with Crippen molar-refractivity contribution >= 4 is 56.4 Å². The van der Waals surface area contributed by atoms with Crippen LogP contribution < -0.4 is 16.0 Å². The second kappa shape index (κ2) is 18.4. The van der Waals surface area contributed by atoms with Crippen LogP contribution in [0.15, 0.2) is 143 Å². The quantitative estimate of drug-likeness (QED) is 0.154. The molecule has 3 aliphatic heterocycles. The summed E-state index contributed by atoms with van der Waals surface area (Å²) in [6.07, 6.45) is 6.05. The number of rotatable bonds is 4. The summed E-state index contributed by atoms with van der Waals surface area (Å²) in [5.74, 6) is -0.0916. The van der Waals surface area contributed by atoms with Crippen molar-refractivity contribution < 1.29 is 4.79 Å². The molecule has 2 aromatic heterocycles. The molecule has 9 rings (SSSR count). The van der Waals surface area contributed by atoms with Crippen molar-refractivity contribution in [3.8, 4) is 0 Å². The first kappa shape index (κ1) is 52.9. The first-order valence-electron chi connectivity index (χ1n) is 26.4. The van der Waals surface area contributed by atoms with Gasteiger partial charge in [0.25, 0.3) is 0 Å². The van der Waals surface area contributed by atoms with Crippen molar-refractivity contribution in [2.75, 3.05) is 0 Å². The van der Waals surface area contributed by atoms with Crippen LogP contribution in [0.4, 0.5) is 0 Å². The van der Waals surface area contributed by atoms with E-state index in [2.05, 4.69) is 278 Å². The van der Waals surface area contributed by atoms with Gasteiger partial charge in [-0.15, -0.1) is 0 Å². The largest absolute Gasteiger partial charge is 0.354 e. The molecule has 0 amide bonds. The number of nitrogens with one attached hydrogen (secondary N) is 3. The van der Waals surface area contributed by atoms with Crippen molar-refractivity contribution in [3.63, 3.8) is 0 Å². The highest BCUT2D eigenvalue weighted by Gasteiger charge is 2.33. The molecule has 5 nitrogen and oxygen atoms in total. The van der Waals surface area contributed by atoms with Crippen molar-refractivity contribution in [3.05, 3.63) is 220 Å². The molecule has 0 saturated heterocycles. The molecule has 8 bridgehead atoms. The molecule has 6 heteroatoms. The van der Waals surface area contributed by atoms with E-state index in [9.17, 15) is 0 Å². The Kier molecular flexibility index (Phi) is 13.1. The van der Waals surface area contributed by atoms with E-state index in [1.807, 2.05) is 6.08 Å². The van der Waals surface area contributed by atoms with Gasteiger partial charge in [0.05, 0.1) is 22.8 Å². The molecule has 0 unspecified atom stereocenters. The Labute approximate surface area is 455 Å². The molecule has 74 heavy (non-hydrogen) atoms. The number of aromatic amines is 2.